The maximum Gasteiger partial charge on any atom is 0.254 e. The summed E-state index contributed by atoms with van der Waals surface area (Å²) in [5, 5.41) is 0. The van der Waals surface area contributed by atoms with Crippen molar-refractivity contribution >= 4 is 5.91 Å². The second-order valence-corrected chi connectivity index (χ2v) is 10.4. The summed E-state index contributed by atoms with van der Waals surface area (Å²) in [6, 6.07) is 23.7. The van der Waals surface area contributed by atoms with Gasteiger partial charge in [-0.05, 0) is 61.2 Å². The Balaban J connectivity index is 1.25. The molecule has 6 heteroatoms. The van der Waals surface area contributed by atoms with E-state index in [0.717, 1.165) is 25.9 Å². The van der Waals surface area contributed by atoms with Crippen LogP contribution in [0.1, 0.15) is 40.2 Å². The number of rotatable bonds is 5. The Kier molecular flexibility index (Phi) is 6.61. The lowest BCUT2D eigenvalue weighted by Crippen LogP contribution is -2.68. The first-order chi connectivity index (χ1) is 18.1. The van der Waals surface area contributed by atoms with E-state index in [4.69, 9.17) is 14.2 Å². The highest BCUT2D eigenvalue weighted by Crippen LogP contribution is 2.43. The van der Waals surface area contributed by atoms with E-state index >= 15 is 0 Å². The fourth-order valence-corrected chi connectivity index (χ4v) is 6.21. The zero-order valence-corrected chi connectivity index (χ0v) is 21.6. The van der Waals surface area contributed by atoms with Gasteiger partial charge in [0.15, 0.2) is 11.5 Å². The highest BCUT2D eigenvalue weighted by Gasteiger charge is 2.49. The largest absolute Gasteiger partial charge is 0.454 e. The first kappa shape index (κ1) is 24.0. The van der Waals surface area contributed by atoms with Gasteiger partial charge in [-0.2, -0.15) is 0 Å². The van der Waals surface area contributed by atoms with Gasteiger partial charge in [-0.25, -0.2) is 0 Å². The number of ether oxygens (including phenoxy) is 3. The number of carbonyl (C=O) groups excluding carboxylic acids is 1. The van der Waals surface area contributed by atoms with Crippen molar-refractivity contribution in [2.75, 3.05) is 40.1 Å². The molecular weight excluding hydrogens is 464 g/mol. The summed E-state index contributed by atoms with van der Waals surface area (Å²) >= 11 is 0. The van der Waals surface area contributed by atoms with E-state index in [2.05, 4.69) is 60.4 Å². The lowest BCUT2D eigenvalue weighted by atomic mass is 9.74. The molecule has 0 N–H and O–H groups in total. The summed E-state index contributed by atoms with van der Waals surface area (Å²) in [6.45, 7) is 5.54. The van der Waals surface area contributed by atoms with E-state index in [1.807, 2.05) is 23.1 Å². The number of benzene rings is 3. The van der Waals surface area contributed by atoms with Crippen molar-refractivity contribution in [2.45, 2.75) is 37.8 Å². The molecule has 3 atom stereocenters. The molecule has 0 aliphatic carbocycles. The van der Waals surface area contributed by atoms with Crippen molar-refractivity contribution in [3.05, 3.63) is 83.4 Å². The lowest BCUT2D eigenvalue weighted by Gasteiger charge is -2.57. The van der Waals surface area contributed by atoms with Gasteiger partial charge in [0, 0.05) is 43.8 Å². The molecule has 2 fully saturated rings. The van der Waals surface area contributed by atoms with E-state index in [1.54, 1.807) is 7.11 Å². The van der Waals surface area contributed by atoms with Crippen LogP contribution in [0.4, 0.5) is 0 Å². The van der Waals surface area contributed by atoms with Crippen LogP contribution in [0.25, 0.3) is 11.1 Å². The minimum absolute atomic E-state index is 0.0592. The minimum atomic E-state index is 0.0592. The third-order valence-electron chi connectivity index (χ3n) is 8.07. The standard InChI is InChI=1S/C31H34N2O4/c1-21-6-5-7-24(16-21)22-8-10-23(11-9-22)30-26-18-32(14-3-4-15-33(26)27(30)19-35-2)31(34)25-12-13-28-29(17-25)37-20-36-28/h5-13,16-17,26-27,30H,3-4,14-15,18-20H2,1-2H3/t26-,27+,30-/m0/s1. The number of fused-ring (bicyclic) bond motifs is 2. The van der Waals surface area contributed by atoms with Gasteiger partial charge < -0.3 is 19.1 Å². The number of aryl methyl sites for hydroxylation is 1. The summed E-state index contributed by atoms with van der Waals surface area (Å²) in [7, 11) is 1.78. The van der Waals surface area contributed by atoms with Crippen molar-refractivity contribution < 1.29 is 19.0 Å². The Hall–Kier alpha value is -3.35. The molecule has 0 bridgehead atoms. The molecule has 3 aliphatic rings. The Labute approximate surface area is 218 Å². The second-order valence-electron chi connectivity index (χ2n) is 10.4. The Bertz CT molecular complexity index is 1270. The first-order valence-electron chi connectivity index (χ1n) is 13.2. The number of carbonyl (C=O) groups is 1. The predicted molar refractivity (Wildman–Crippen MR) is 143 cm³/mol. The molecule has 0 aromatic heterocycles. The summed E-state index contributed by atoms with van der Waals surface area (Å²) < 4.78 is 16.6. The van der Waals surface area contributed by atoms with E-state index in [-0.39, 0.29) is 18.7 Å². The molecule has 6 rings (SSSR count). The molecule has 1 amide bonds. The van der Waals surface area contributed by atoms with Crippen LogP contribution in [0.2, 0.25) is 0 Å². The fourth-order valence-electron chi connectivity index (χ4n) is 6.21. The third kappa shape index (κ3) is 4.60. The van der Waals surface area contributed by atoms with Crippen molar-refractivity contribution in [2.24, 2.45) is 0 Å². The van der Waals surface area contributed by atoms with Crippen molar-refractivity contribution in [3.8, 4) is 22.6 Å². The average molecular weight is 499 g/mol. The van der Waals surface area contributed by atoms with Crippen molar-refractivity contribution in [3.63, 3.8) is 0 Å². The summed E-state index contributed by atoms with van der Waals surface area (Å²) in [5.41, 5.74) is 5.70. The summed E-state index contributed by atoms with van der Waals surface area (Å²) in [5.74, 6) is 1.72. The highest BCUT2D eigenvalue weighted by molar-refractivity contribution is 5.95. The zero-order valence-electron chi connectivity index (χ0n) is 21.6. The van der Waals surface area contributed by atoms with Crippen LogP contribution in [-0.4, -0.2) is 67.9 Å². The average Bonchev–Trinajstić information content (AvgIpc) is 3.38. The molecule has 0 spiro atoms. The normalized spacial score (nSPS) is 23.1. The molecular formula is C31H34N2O4. The Morgan fingerprint density at radius 2 is 1.76 bits per heavy atom. The molecule has 3 aromatic carbocycles. The van der Waals surface area contributed by atoms with Gasteiger partial charge in [0.1, 0.15) is 0 Å². The van der Waals surface area contributed by atoms with Crippen LogP contribution in [0.3, 0.4) is 0 Å². The first-order valence-corrected chi connectivity index (χ1v) is 13.2. The molecule has 6 nitrogen and oxygen atoms in total. The predicted octanol–water partition coefficient (Wildman–Crippen LogP) is 5.11. The van der Waals surface area contributed by atoms with Gasteiger partial charge in [0.05, 0.1) is 6.61 Å². The van der Waals surface area contributed by atoms with Crippen molar-refractivity contribution in [1.29, 1.82) is 0 Å². The van der Waals surface area contributed by atoms with Gasteiger partial charge in [0.2, 0.25) is 6.79 Å². The quantitative estimate of drug-likeness (QED) is 0.489. The SMILES string of the molecule is COC[C@@H]1[C@@H](c2ccc(-c3cccc(C)c3)cc2)[C@@H]2CN(C(=O)c3ccc4c(c3)OCO4)CCCCN12. The number of hydrogen-bond donors (Lipinski definition) is 0. The number of amides is 1. The summed E-state index contributed by atoms with van der Waals surface area (Å²) in [6.07, 6.45) is 2.07. The summed E-state index contributed by atoms with van der Waals surface area (Å²) in [4.78, 5) is 18.2. The Morgan fingerprint density at radius 1 is 0.946 bits per heavy atom. The van der Waals surface area contributed by atoms with Gasteiger partial charge in [-0.3, -0.25) is 9.69 Å². The van der Waals surface area contributed by atoms with Crippen LogP contribution in [0.15, 0.2) is 66.7 Å². The second kappa shape index (κ2) is 10.2. The molecule has 192 valence electrons. The van der Waals surface area contributed by atoms with Gasteiger partial charge in [-0.15, -0.1) is 0 Å². The molecule has 0 unspecified atom stereocenters. The Morgan fingerprint density at radius 3 is 2.57 bits per heavy atom. The molecule has 3 aliphatic heterocycles. The topological polar surface area (TPSA) is 51.2 Å². The molecule has 37 heavy (non-hydrogen) atoms. The number of nitrogens with zero attached hydrogens (tertiary/aromatic N) is 2. The van der Waals surface area contributed by atoms with Crippen LogP contribution < -0.4 is 9.47 Å². The van der Waals surface area contributed by atoms with Gasteiger partial charge in [-0.1, -0.05) is 54.1 Å². The maximum absolute atomic E-state index is 13.6. The minimum Gasteiger partial charge on any atom is -0.454 e. The zero-order chi connectivity index (χ0) is 25.4. The number of methoxy groups -OCH3 is 1. The van der Waals surface area contributed by atoms with E-state index in [0.29, 0.717) is 42.2 Å². The van der Waals surface area contributed by atoms with Crippen LogP contribution >= 0.6 is 0 Å². The van der Waals surface area contributed by atoms with Gasteiger partial charge in [0.25, 0.3) is 5.91 Å². The monoisotopic (exact) mass is 498 g/mol. The fraction of sp³-hybridized carbons (Fsp3) is 0.387. The van der Waals surface area contributed by atoms with Crippen LogP contribution in [0.5, 0.6) is 11.5 Å². The van der Waals surface area contributed by atoms with Crippen molar-refractivity contribution in [1.82, 2.24) is 9.80 Å². The molecule has 3 heterocycles. The number of hydrogen-bond acceptors (Lipinski definition) is 5. The van der Waals surface area contributed by atoms with Crippen LogP contribution in [-0.2, 0) is 4.74 Å². The van der Waals surface area contributed by atoms with E-state index in [1.165, 1.54) is 22.3 Å². The third-order valence-corrected chi connectivity index (χ3v) is 8.07. The lowest BCUT2D eigenvalue weighted by molar-refractivity contribution is -0.0680. The van der Waals surface area contributed by atoms with E-state index in [9.17, 15) is 4.79 Å². The highest BCUT2D eigenvalue weighted by atomic mass is 16.7. The molecule has 2 saturated heterocycles. The van der Waals surface area contributed by atoms with Gasteiger partial charge >= 0.3 is 0 Å². The molecule has 0 saturated carbocycles. The van der Waals surface area contributed by atoms with E-state index < -0.39 is 0 Å². The molecule has 0 radical (unpaired) electrons. The smallest absolute Gasteiger partial charge is 0.254 e. The molecule has 3 aromatic rings. The maximum atomic E-state index is 13.6. The van der Waals surface area contributed by atoms with Crippen LogP contribution in [0, 0.1) is 6.92 Å².